The van der Waals surface area contributed by atoms with Crippen LogP contribution in [0.4, 0.5) is 0 Å². The third kappa shape index (κ3) is 10.4. The summed E-state index contributed by atoms with van der Waals surface area (Å²) in [6.45, 7) is 9.11. The first-order chi connectivity index (χ1) is 9.13. The van der Waals surface area contributed by atoms with E-state index >= 15 is 0 Å². The van der Waals surface area contributed by atoms with Gasteiger partial charge in [0, 0.05) is 26.7 Å². The van der Waals surface area contributed by atoms with Gasteiger partial charge in [0.25, 0.3) is 0 Å². The summed E-state index contributed by atoms with van der Waals surface area (Å²) in [5.41, 5.74) is 0. The Kier molecular flexibility index (Phi) is 11.1. The van der Waals surface area contributed by atoms with Crippen LogP contribution < -0.4 is 5.32 Å². The molecule has 5 nitrogen and oxygen atoms in total. The Morgan fingerprint density at radius 2 is 2.21 bits per heavy atom. The zero-order valence-corrected chi connectivity index (χ0v) is 12.6. The Hall–Kier alpha value is -1.20. The Balaban J connectivity index is 3.96. The quantitative estimate of drug-likeness (QED) is 0.376. The molecule has 5 heteroatoms. The molecule has 0 aliphatic rings. The number of hydrogen-bond donors (Lipinski definition) is 2. The molecule has 0 amide bonds. The van der Waals surface area contributed by atoms with Crippen LogP contribution in [0.25, 0.3) is 0 Å². The highest BCUT2D eigenvalue weighted by molar-refractivity contribution is 5.86. The Bertz CT molecular complexity index is 300. The van der Waals surface area contributed by atoms with Crippen molar-refractivity contribution in [3.63, 3.8) is 0 Å². The van der Waals surface area contributed by atoms with Gasteiger partial charge in [-0.3, -0.25) is 4.99 Å². The van der Waals surface area contributed by atoms with Crippen LogP contribution >= 0.6 is 0 Å². The van der Waals surface area contributed by atoms with Gasteiger partial charge in [-0.25, -0.2) is 4.99 Å². The van der Waals surface area contributed by atoms with Crippen molar-refractivity contribution in [3.05, 3.63) is 12.2 Å². The maximum Gasteiger partial charge on any atom is 0.111 e. The second-order valence-corrected chi connectivity index (χ2v) is 4.37. The van der Waals surface area contributed by atoms with Crippen molar-refractivity contribution in [2.24, 2.45) is 9.98 Å². The van der Waals surface area contributed by atoms with E-state index < -0.39 is 6.10 Å². The number of aliphatic hydroxyl groups is 1. The maximum absolute atomic E-state index is 9.97. The monoisotopic (exact) mass is 268 g/mol. The third-order valence-electron chi connectivity index (χ3n) is 2.72. The third-order valence-corrected chi connectivity index (χ3v) is 2.72. The van der Waals surface area contributed by atoms with Gasteiger partial charge in [-0.1, -0.05) is 19.1 Å². The fourth-order valence-electron chi connectivity index (χ4n) is 1.62. The molecule has 0 rings (SSSR count). The number of hydrogen-bond acceptors (Lipinski definition) is 3. The van der Waals surface area contributed by atoms with Crippen LogP contribution in [0.1, 0.15) is 27.2 Å². The van der Waals surface area contributed by atoms with Crippen molar-refractivity contribution in [2.75, 3.05) is 33.2 Å². The summed E-state index contributed by atoms with van der Waals surface area (Å²) in [6, 6.07) is 0. The van der Waals surface area contributed by atoms with Gasteiger partial charge in [0.15, 0.2) is 0 Å². The minimum absolute atomic E-state index is 0.394. The SMILES string of the molecule is C/C=C\CCN(CC)CC(O)CN/C(C)=N/C=N\C. The molecule has 0 aliphatic heterocycles. The fraction of sp³-hybridized carbons (Fsp3) is 0.714. The Labute approximate surface area is 117 Å². The maximum atomic E-state index is 9.97. The van der Waals surface area contributed by atoms with Crippen LogP contribution in [-0.2, 0) is 0 Å². The minimum Gasteiger partial charge on any atom is -0.390 e. The first-order valence-electron chi connectivity index (χ1n) is 6.84. The van der Waals surface area contributed by atoms with E-state index in [9.17, 15) is 5.11 Å². The second kappa shape index (κ2) is 11.9. The molecule has 1 atom stereocenters. The molecule has 0 fully saturated rings. The van der Waals surface area contributed by atoms with Gasteiger partial charge in [0.05, 0.1) is 6.10 Å². The molecule has 0 spiro atoms. The van der Waals surface area contributed by atoms with Crippen LogP contribution in [-0.4, -0.2) is 61.5 Å². The molecule has 110 valence electrons. The molecule has 0 aromatic heterocycles. The molecule has 0 saturated carbocycles. The van der Waals surface area contributed by atoms with Crippen molar-refractivity contribution in [1.82, 2.24) is 10.2 Å². The first-order valence-corrected chi connectivity index (χ1v) is 6.84. The molecule has 19 heavy (non-hydrogen) atoms. The molecule has 2 N–H and O–H groups in total. The Morgan fingerprint density at radius 1 is 1.47 bits per heavy atom. The molecule has 0 bridgehead atoms. The molecule has 0 saturated heterocycles. The van der Waals surface area contributed by atoms with Crippen molar-refractivity contribution in [1.29, 1.82) is 0 Å². The average Bonchev–Trinajstić information content (AvgIpc) is 2.41. The fourth-order valence-corrected chi connectivity index (χ4v) is 1.62. The summed E-state index contributed by atoms with van der Waals surface area (Å²) in [5.74, 6) is 0.765. The number of likely N-dealkylation sites (N-methyl/N-ethyl adjacent to an activating group) is 1. The number of nitrogens with one attached hydrogen (secondary N) is 1. The lowest BCUT2D eigenvalue weighted by Crippen LogP contribution is -2.40. The lowest BCUT2D eigenvalue weighted by molar-refractivity contribution is 0.119. The highest BCUT2D eigenvalue weighted by Crippen LogP contribution is 1.95. The number of amidine groups is 1. The van der Waals surface area contributed by atoms with Crippen LogP contribution in [0.15, 0.2) is 22.1 Å². The smallest absolute Gasteiger partial charge is 0.111 e. The largest absolute Gasteiger partial charge is 0.390 e. The van der Waals surface area contributed by atoms with E-state index in [1.165, 1.54) is 6.34 Å². The summed E-state index contributed by atoms with van der Waals surface area (Å²) in [5, 5.41) is 13.1. The molecule has 1 unspecified atom stereocenters. The first kappa shape index (κ1) is 17.8. The summed E-state index contributed by atoms with van der Waals surface area (Å²) in [4.78, 5) is 10.1. The average molecular weight is 268 g/mol. The highest BCUT2D eigenvalue weighted by Gasteiger charge is 2.09. The topological polar surface area (TPSA) is 60.2 Å². The van der Waals surface area contributed by atoms with E-state index in [1.807, 2.05) is 13.8 Å². The van der Waals surface area contributed by atoms with E-state index in [0.29, 0.717) is 13.1 Å². The van der Waals surface area contributed by atoms with Gasteiger partial charge in [0.1, 0.15) is 12.2 Å². The van der Waals surface area contributed by atoms with Gasteiger partial charge in [0.2, 0.25) is 0 Å². The number of aliphatic hydroxyl groups excluding tert-OH is 1. The van der Waals surface area contributed by atoms with Crippen LogP contribution in [0.2, 0.25) is 0 Å². The summed E-state index contributed by atoms with van der Waals surface area (Å²) in [6.07, 6.45) is 6.33. The number of rotatable bonds is 9. The van der Waals surface area contributed by atoms with E-state index in [-0.39, 0.29) is 0 Å². The number of nitrogens with zero attached hydrogens (tertiary/aromatic N) is 3. The highest BCUT2D eigenvalue weighted by atomic mass is 16.3. The van der Waals surface area contributed by atoms with Gasteiger partial charge in [-0.05, 0) is 26.8 Å². The predicted octanol–water partition coefficient (Wildman–Crippen LogP) is 1.30. The van der Waals surface area contributed by atoms with Gasteiger partial charge in [-0.2, -0.15) is 0 Å². The van der Waals surface area contributed by atoms with Crippen molar-refractivity contribution in [2.45, 2.75) is 33.3 Å². The lowest BCUT2D eigenvalue weighted by Gasteiger charge is -2.23. The molecule has 0 aromatic rings. The zero-order valence-electron chi connectivity index (χ0n) is 12.6. The van der Waals surface area contributed by atoms with Crippen molar-refractivity contribution >= 4 is 12.2 Å². The van der Waals surface area contributed by atoms with E-state index in [1.54, 1.807) is 7.05 Å². The minimum atomic E-state index is -0.394. The zero-order chi connectivity index (χ0) is 14.5. The lowest BCUT2D eigenvalue weighted by atomic mass is 10.3. The summed E-state index contributed by atoms with van der Waals surface area (Å²) < 4.78 is 0. The van der Waals surface area contributed by atoms with Crippen LogP contribution in [0.5, 0.6) is 0 Å². The van der Waals surface area contributed by atoms with Crippen LogP contribution in [0, 0.1) is 0 Å². The van der Waals surface area contributed by atoms with Gasteiger partial charge in [-0.15, -0.1) is 0 Å². The number of allylic oxidation sites excluding steroid dienone is 1. The predicted molar refractivity (Wildman–Crippen MR) is 83.1 cm³/mol. The number of aliphatic imine (C=N–C) groups is 2. The van der Waals surface area contributed by atoms with E-state index in [2.05, 4.69) is 39.3 Å². The molecule has 0 aliphatic carbocycles. The molecule has 0 radical (unpaired) electrons. The van der Waals surface area contributed by atoms with Crippen LogP contribution in [0.3, 0.4) is 0 Å². The molecular formula is C14H28N4O. The van der Waals surface area contributed by atoms with Gasteiger partial charge >= 0.3 is 0 Å². The van der Waals surface area contributed by atoms with E-state index in [0.717, 1.165) is 25.3 Å². The summed E-state index contributed by atoms with van der Waals surface area (Å²) in [7, 11) is 1.68. The molecular weight excluding hydrogens is 240 g/mol. The van der Waals surface area contributed by atoms with E-state index in [4.69, 9.17) is 0 Å². The molecule has 0 heterocycles. The summed E-state index contributed by atoms with van der Waals surface area (Å²) >= 11 is 0. The van der Waals surface area contributed by atoms with Crippen molar-refractivity contribution in [3.8, 4) is 0 Å². The Morgan fingerprint density at radius 3 is 2.79 bits per heavy atom. The van der Waals surface area contributed by atoms with Crippen molar-refractivity contribution < 1.29 is 5.11 Å². The molecule has 0 aromatic carbocycles. The standard InChI is InChI=1S/C14H28N4O/c1-5-7-8-9-18(6-2)11-14(19)10-16-13(3)17-12-15-4/h5,7,12,14,19H,6,8-11H2,1-4H3,(H,15,16,17)/b7-5-. The second-order valence-electron chi connectivity index (χ2n) is 4.37. The van der Waals surface area contributed by atoms with Gasteiger partial charge < -0.3 is 15.3 Å². The normalized spacial score (nSPS) is 14.7.